The molecule has 104 valence electrons. The zero-order valence-corrected chi connectivity index (χ0v) is 11.6. The van der Waals surface area contributed by atoms with E-state index in [-0.39, 0.29) is 18.0 Å². The number of likely N-dealkylation sites (N-methyl/N-ethyl adjacent to an activating group) is 1. The molecule has 0 spiro atoms. The molecule has 2 amide bonds. The largest absolute Gasteiger partial charge is 0.480 e. The van der Waals surface area contributed by atoms with Crippen molar-refractivity contribution in [1.29, 1.82) is 0 Å². The summed E-state index contributed by atoms with van der Waals surface area (Å²) in [6, 6.07) is -0.135. The van der Waals surface area contributed by atoms with Crippen molar-refractivity contribution in [3.05, 3.63) is 0 Å². The highest BCUT2D eigenvalue weighted by atomic mass is 16.4. The molecule has 0 aromatic rings. The summed E-state index contributed by atoms with van der Waals surface area (Å²) in [5, 5.41) is 8.79. The minimum absolute atomic E-state index is 0.135. The number of carbonyl (C=O) groups is 2. The van der Waals surface area contributed by atoms with Crippen molar-refractivity contribution in [2.45, 2.75) is 40.0 Å². The van der Waals surface area contributed by atoms with E-state index in [1.54, 1.807) is 4.90 Å². The number of nitrogens with zero attached hydrogens (tertiary/aromatic N) is 2. The van der Waals surface area contributed by atoms with E-state index in [4.69, 9.17) is 5.11 Å². The fraction of sp³-hybridized carbons (Fsp3) is 0.846. The molecule has 1 aliphatic heterocycles. The molecule has 5 nitrogen and oxygen atoms in total. The minimum atomic E-state index is -0.957. The highest BCUT2D eigenvalue weighted by molar-refractivity contribution is 5.80. The quantitative estimate of drug-likeness (QED) is 0.818. The highest BCUT2D eigenvalue weighted by Gasteiger charge is 2.38. The maximum absolute atomic E-state index is 12.2. The fourth-order valence-electron chi connectivity index (χ4n) is 2.60. The van der Waals surface area contributed by atoms with Crippen molar-refractivity contribution in [3.63, 3.8) is 0 Å². The summed E-state index contributed by atoms with van der Waals surface area (Å²) >= 11 is 0. The van der Waals surface area contributed by atoms with Gasteiger partial charge in [-0.3, -0.25) is 4.79 Å². The number of carbonyl (C=O) groups excluding carboxylic acids is 1. The number of hydrogen-bond acceptors (Lipinski definition) is 2. The second-order valence-corrected chi connectivity index (χ2v) is 5.07. The molecule has 0 bridgehead atoms. The van der Waals surface area contributed by atoms with Crippen molar-refractivity contribution < 1.29 is 14.7 Å². The van der Waals surface area contributed by atoms with Crippen LogP contribution in [0.15, 0.2) is 0 Å². The first kappa shape index (κ1) is 14.8. The maximum atomic E-state index is 12.2. The van der Waals surface area contributed by atoms with Gasteiger partial charge in [0.05, 0.1) is 0 Å². The average Bonchev–Trinajstić information content (AvgIpc) is 2.80. The summed E-state index contributed by atoms with van der Waals surface area (Å²) in [4.78, 5) is 26.1. The van der Waals surface area contributed by atoms with Gasteiger partial charge in [-0.15, -0.1) is 0 Å². The van der Waals surface area contributed by atoms with Crippen LogP contribution in [-0.2, 0) is 4.79 Å². The van der Waals surface area contributed by atoms with Crippen LogP contribution in [0.5, 0.6) is 0 Å². The summed E-state index contributed by atoms with van der Waals surface area (Å²) in [6.45, 7) is 7.86. The summed E-state index contributed by atoms with van der Waals surface area (Å²) < 4.78 is 0. The zero-order chi connectivity index (χ0) is 13.8. The molecule has 1 fully saturated rings. The second kappa shape index (κ2) is 6.07. The van der Waals surface area contributed by atoms with Gasteiger partial charge < -0.3 is 14.9 Å². The average molecular weight is 256 g/mol. The van der Waals surface area contributed by atoms with E-state index in [2.05, 4.69) is 13.8 Å². The molecule has 1 rings (SSSR count). The predicted molar refractivity (Wildman–Crippen MR) is 69.5 cm³/mol. The van der Waals surface area contributed by atoms with Crippen LogP contribution in [-0.4, -0.2) is 53.1 Å². The minimum Gasteiger partial charge on any atom is -0.480 e. The van der Waals surface area contributed by atoms with Gasteiger partial charge in [-0.05, 0) is 31.6 Å². The Morgan fingerprint density at radius 1 is 1.28 bits per heavy atom. The Morgan fingerprint density at radius 2 is 1.89 bits per heavy atom. The Balaban J connectivity index is 2.65. The maximum Gasteiger partial charge on any atom is 0.323 e. The lowest BCUT2D eigenvalue weighted by molar-refractivity contribution is -0.137. The van der Waals surface area contributed by atoms with E-state index in [0.717, 1.165) is 32.4 Å². The third-order valence-corrected chi connectivity index (χ3v) is 4.19. The molecular weight excluding hydrogens is 232 g/mol. The molecule has 0 saturated carbocycles. The van der Waals surface area contributed by atoms with E-state index in [1.165, 1.54) is 4.90 Å². The van der Waals surface area contributed by atoms with Crippen molar-refractivity contribution in [3.8, 4) is 0 Å². The van der Waals surface area contributed by atoms with E-state index < -0.39 is 5.97 Å². The normalized spacial score (nSPS) is 17.8. The number of carboxylic acid groups (broad SMARTS) is 1. The van der Waals surface area contributed by atoms with Crippen LogP contribution in [0, 0.1) is 5.41 Å². The fourth-order valence-corrected chi connectivity index (χ4v) is 2.60. The van der Waals surface area contributed by atoms with Crippen LogP contribution in [0.4, 0.5) is 4.79 Å². The Hall–Kier alpha value is -1.26. The van der Waals surface area contributed by atoms with Gasteiger partial charge >= 0.3 is 12.0 Å². The molecule has 0 aliphatic carbocycles. The molecule has 0 aromatic heterocycles. The van der Waals surface area contributed by atoms with Crippen LogP contribution in [0.25, 0.3) is 0 Å². The highest BCUT2D eigenvalue weighted by Crippen LogP contribution is 2.37. The molecule has 1 heterocycles. The van der Waals surface area contributed by atoms with E-state index >= 15 is 0 Å². The van der Waals surface area contributed by atoms with Crippen LogP contribution in [0.3, 0.4) is 0 Å². The number of rotatable bonds is 5. The lowest BCUT2D eigenvalue weighted by Gasteiger charge is -2.29. The van der Waals surface area contributed by atoms with Gasteiger partial charge in [-0.2, -0.15) is 0 Å². The summed E-state index contributed by atoms with van der Waals surface area (Å²) in [5.41, 5.74) is 0.234. The van der Waals surface area contributed by atoms with Crippen molar-refractivity contribution in [2.24, 2.45) is 5.41 Å². The number of likely N-dealkylation sites (tertiary alicyclic amines) is 1. The third kappa shape index (κ3) is 3.15. The molecule has 18 heavy (non-hydrogen) atoms. The van der Waals surface area contributed by atoms with Gasteiger partial charge in [0.25, 0.3) is 0 Å². The molecule has 5 heteroatoms. The Labute approximate surface area is 109 Å². The molecule has 1 N–H and O–H groups in total. The first-order valence-corrected chi connectivity index (χ1v) is 6.73. The lowest BCUT2D eigenvalue weighted by Crippen LogP contribution is -2.45. The summed E-state index contributed by atoms with van der Waals surface area (Å²) in [5.74, 6) is -0.957. The van der Waals surface area contributed by atoms with E-state index in [1.807, 2.05) is 6.92 Å². The number of carboxylic acids is 1. The first-order valence-electron chi connectivity index (χ1n) is 6.73. The molecular formula is C13H24N2O3. The van der Waals surface area contributed by atoms with Crippen LogP contribution in [0.2, 0.25) is 0 Å². The van der Waals surface area contributed by atoms with Crippen LogP contribution >= 0.6 is 0 Å². The predicted octanol–water partition coefficient (Wildman–Crippen LogP) is 2.02. The third-order valence-electron chi connectivity index (χ3n) is 4.19. The van der Waals surface area contributed by atoms with E-state index in [0.29, 0.717) is 6.54 Å². The Kier molecular flexibility index (Phi) is 4.99. The van der Waals surface area contributed by atoms with Gasteiger partial charge in [0.15, 0.2) is 0 Å². The summed E-state index contributed by atoms with van der Waals surface area (Å²) in [7, 11) is 0. The molecule has 0 unspecified atom stereocenters. The zero-order valence-electron chi connectivity index (χ0n) is 11.6. The van der Waals surface area contributed by atoms with Crippen LogP contribution in [0.1, 0.15) is 40.0 Å². The van der Waals surface area contributed by atoms with Crippen molar-refractivity contribution >= 4 is 12.0 Å². The monoisotopic (exact) mass is 256 g/mol. The SMILES string of the molecule is CCN(CC(=O)O)C(=O)N1CCC(CC)(CC)C1. The Bertz CT molecular complexity index is 313. The van der Waals surface area contributed by atoms with Gasteiger partial charge in [0, 0.05) is 19.6 Å². The number of aliphatic carboxylic acids is 1. The second-order valence-electron chi connectivity index (χ2n) is 5.07. The van der Waals surface area contributed by atoms with Crippen molar-refractivity contribution in [1.82, 2.24) is 9.80 Å². The molecule has 1 saturated heterocycles. The molecule has 0 aromatic carbocycles. The van der Waals surface area contributed by atoms with Gasteiger partial charge in [-0.1, -0.05) is 13.8 Å². The Morgan fingerprint density at radius 3 is 2.28 bits per heavy atom. The van der Waals surface area contributed by atoms with E-state index in [9.17, 15) is 9.59 Å². The number of hydrogen-bond donors (Lipinski definition) is 1. The summed E-state index contributed by atoms with van der Waals surface area (Å²) in [6.07, 6.45) is 3.16. The topological polar surface area (TPSA) is 60.9 Å². The molecule has 0 radical (unpaired) electrons. The van der Waals surface area contributed by atoms with Crippen LogP contribution < -0.4 is 0 Å². The van der Waals surface area contributed by atoms with Gasteiger partial charge in [-0.25, -0.2) is 4.79 Å². The van der Waals surface area contributed by atoms with Gasteiger partial charge in [0.1, 0.15) is 6.54 Å². The first-order chi connectivity index (χ1) is 8.48. The smallest absolute Gasteiger partial charge is 0.323 e. The molecule has 0 atom stereocenters. The van der Waals surface area contributed by atoms with Crippen molar-refractivity contribution in [2.75, 3.05) is 26.2 Å². The number of urea groups is 1. The standard InChI is InChI=1S/C13H24N2O3/c1-4-13(5-2)7-8-15(10-13)12(18)14(6-3)9-11(16)17/h4-10H2,1-3H3,(H,16,17). The molecule has 1 aliphatic rings. The lowest BCUT2D eigenvalue weighted by atomic mass is 9.82. The number of amides is 2. The van der Waals surface area contributed by atoms with Gasteiger partial charge in [0.2, 0.25) is 0 Å².